The Balaban J connectivity index is 1.43. The zero-order chi connectivity index (χ0) is 26.8. The van der Waals surface area contributed by atoms with E-state index >= 15 is 0 Å². The number of nitrogens with zero attached hydrogens (tertiary/aromatic N) is 2. The topological polar surface area (TPSA) is 144 Å². The molecule has 2 aliphatic heterocycles. The molecule has 4 N–H and O–H groups in total. The van der Waals surface area contributed by atoms with Crippen LogP contribution in [-0.4, -0.2) is 48.3 Å². The van der Waals surface area contributed by atoms with Gasteiger partial charge in [-0.1, -0.05) is 24.3 Å². The van der Waals surface area contributed by atoms with Crippen LogP contribution in [0.2, 0.25) is 0 Å². The van der Waals surface area contributed by atoms with Crippen LogP contribution in [0.3, 0.4) is 0 Å². The average molecular weight is 515 g/mol. The van der Waals surface area contributed by atoms with Crippen LogP contribution in [0.1, 0.15) is 46.4 Å². The van der Waals surface area contributed by atoms with Crippen molar-refractivity contribution in [2.75, 3.05) is 31.2 Å². The number of ether oxygens (including phenoxy) is 2. The lowest BCUT2D eigenvalue weighted by atomic mass is 9.97. The summed E-state index contributed by atoms with van der Waals surface area (Å²) in [5.41, 5.74) is 3.04. The number of nitrogens with one attached hydrogen (secondary N) is 2. The Morgan fingerprint density at radius 1 is 0.974 bits per heavy atom. The number of carbonyl (C=O) groups is 2. The van der Waals surface area contributed by atoms with Gasteiger partial charge in [0.2, 0.25) is 5.91 Å². The first-order valence-corrected chi connectivity index (χ1v) is 12.1. The fourth-order valence-electron chi connectivity index (χ4n) is 4.71. The highest BCUT2D eigenvalue weighted by atomic mass is 16.6. The maximum absolute atomic E-state index is 12.6. The van der Waals surface area contributed by atoms with Gasteiger partial charge in [0.25, 0.3) is 5.91 Å². The maximum Gasteiger partial charge on any atom is 0.251 e. The Morgan fingerprint density at radius 2 is 1.71 bits per heavy atom. The lowest BCUT2D eigenvalue weighted by Gasteiger charge is -2.28. The Hall–Kier alpha value is -4.59. The first kappa shape index (κ1) is 25.1. The molecule has 0 bridgehead atoms. The molecule has 5 rings (SSSR count). The van der Waals surface area contributed by atoms with Crippen LogP contribution in [0.25, 0.3) is 11.1 Å². The third kappa shape index (κ3) is 4.61. The highest BCUT2D eigenvalue weighted by Crippen LogP contribution is 2.46. The van der Waals surface area contributed by atoms with Crippen LogP contribution in [0.5, 0.6) is 11.5 Å². The summed E-state index contributed by atoms with van der Waals surface area (Å²) in [6, 6.07) is 17.5. The number of nitriles is 1. The number of carbonyl (C=O) groups excluding carboxylic acids is 2. The fourth-order valence-corrected chi connectivity index (χ4v) is 4.71. The third-order valence-corrected chi connectivity index (χ3v) is 6.50. The minimum absolute atomic E-state index is 0.191. The summed E-state index contributed by atoms with van der Waals surface area (Å²) in [6.07, 6.45) is -2.53. The molecule has 38 heavy (non-hydrogen) atoms. The van der Waals surface area contributed by atoms with Gasteiger partial charge in [0.15, 0.2) is 24.0 Å². The van der Waals surface area contributed by atoms with Gasteiger partial charge in [0.1, 0.15) is 19.3 Å². The van der Waals surface area contributed by atoms with Crippen LogP contribution < -0.4 is 25.0 Å². The van der Waals surface area contributed by atoms with Gasteiger partial charge in [-0.3, -0.25) is 9.59 Å². The molecule has 2 heterocycles. The normalized spacial score (nSPS) is 17.4. The first-order valence-electron chi connectivity index (χ1n) is 12.1. The SMILES string of the molecule is CC(=O)NCCNC(=O)c1ccc2c(c1)C(O)N(c1cccc(-c3ccc4c(c3)OCCO4)c1C#N)C2O. The Kier molecular flexibility index (Phi) is 6.87. The summed E-state index contributed by atoms with van der Waals surface area (Å²) in [6.45, 7) is 2.82. The van der Waals surface area contributed by atoms with Crippen molar-refractivity contribution in [1.29, 1.82) is 5.26 Å². The quantitative estimate of drug-likeness (QED) is 0.367. The predicted molar refractivity (Wildman–Crippen MR) is 137 cm³/mol. The molecule has 3 aromatic rings. The van der Waals surface area contributed by atoms with E-state index in [1.54, 1.807) is 42.5 Å². The van der Waals surface area contributed by atoms with Crippen LogP contribution in [-0.2, 0) is 4.79 Å². The second kappa shape index (κ2) is 10.4. The summed E-state index contributed by atoms with van der Waals surface area (Å²) in [5, 5.41) is 37.8. The zero-order valence-electron chi connectivity index (χ0n) is 20.6. The number of hydrogen-bond donors (Lipinski definition) is 4. The largest absolute Gasteiger partial charge is 0.486 e. The van der Waals surface area contributed by atoms with Gasteiger partial charge < -0.3 is 35.2 Å². The van der Waals surface area contributed by atoms with E-state index in [-0.39, 0.29) is 30.5 Å². The van der Waals surface area contributed by atoms with Gasteiger partial charge in [-0.2, -0.15) is 5.26 Å². The molecule has 2 atom stereocenters. The highest BCUT2D eigenvalue weighted by molar-refractivity contribution is 5.94. The zero-order valence-corrected chi connectivity index (χ0v) is 20.6. The van der Waals surface area contributed by atoms with Crippen LogP contribution >= 0.6 is 0 Å². The molecule has 0 radical (unpaired) electrons. The molecule has 0 fully saturated rings. The number of amides is 2. The molecular weight excluding hydrogens is 488 g/mol. The van der Waals surface area contributed by atoms with Crippen molar-refractivity contribution in [2.45, 2.75) is 19.4 Å². The van der Waals surface area contributed by atoms with E-state index in [9.17, 15) is 25.1 Å². The van der Waals surface area contributed by atoms with Gasteiger partial charge in [-0.15, -0.1) is 0 Å². The molecule has 2 amide bonds. The van der Waals surface area contributed by atoms with Gasteiger partial charge >= 0.3 is 0 Å². The maximum atomic E-state index is 12.6. The Bertz CT molecular complexity index is 1450. The van der Waals surface area contributed by atoms with E-state index in [2.05, 4.69) is 16.7 Å². The monoisotopic (exact) mass is 514 g/mol. The molecule has 3 aromatic carbocycles. The molecule has 0 saturated heterocycles. The molecule has 2 aliphatic rings. The lowest BCUT2D eigenvalue weighted by Crippen LogP contribution is -2.33. The number of rotatable bonds is 6. The number of aliphatic hydroxyl groups is 2. The number of hydrogen-bond acceptors (Lipinski definition) is 8. The molecule has 10 heteroatoms. The summed E-state index contributed by atoms with van der Waals surface area (Å²) < 4.78 is 11.3. The van der Waals surface area contributed by atoms with Crippen LogP contribution in [0.4, 0.5) is 5.69 Å². The summed E-state index contributed by atoms with van der Waals surface area (Å²) >= 11 is 0. The van der Waals surface area contributed by atoms with Crippen molar-refractivity contribution in [2.24, 2.45) is 0 Å². The smallest absolute Gasteiger partial charge is 0.251 e. The first-order chi connectivity index (χ1) is 18.4. The standard InChI is InChI=1S/C28H26N4O6/c1-16(33)30-9-10-31-26(34)18-5-7-20-21(13-18)28(36)32(27(20)35)23-4-2-3-19(22(23)15-29)17-6-8-24-25(14-17)38-12-11-37-24/h2-8,13-14,27-28,35-36H,9-12H2,1H3,(H,30,33)(H,31,34). The fraction of sp³-hybridized carbons (Fsp3) is 0.250. The Morgan fingerprint density at radius 3 is 2.47 bits per heavy atom. The summed E-state index contributed by atoms with van der Waals surface area (Å²) in [7, 11) is 0. The van der Waals surface area contributed by atoms with Crippen molar-refractivity contribution < 1.29 is 29.3 Å². The molecule has 0 aliphatic carbocycles. The minimum Gasteiger partial charge on any atom is -0.486 e. The number of anilines is 1. The number of benzene rings is 3. The van der Waals surface area contributed by atoms with Gasteiger partial charge in [0, 0.05) is 42.3 Å². The molecule has 0 saturated carbocycles. The van der Waals surface area contributed by atoms with Crippen LogP contribution in [0, 0.1) is 11.3 Å². The summed E-state index contributed by atoms with van der Waals surface area (Å²) in [4.78, 5) is 24.9. The molecule has 0 aromatic heterocycles. The molecule has 0 spiro atoms. The minimum atomic E-state index is -1.30. The van der Waals surface area contributed by atoms with Gasteiger partial charge in [-0.05, 0) is 35.9 Å². The van der Waals surface area contributed by atoms with E-state index < -0.39 is 12.5 Å². The van der Waals surface area contributed by atoms with Crippen molar-refractivity contribution in [3.05, 3.63) is 76.9 Å². The van der Waals surface area contributed by atoms with E-state index in [1.165, 1.54) is 17.9 Å². The molecule has 2 unspecified atom stereocenters. The van der Waals surface area contributed by atoms with E-state index in [4.69, 9.17) is 9.47 Å². The molecule has 10 nitrogen and oxygen atoms in total. The number of fused-ring (bicyclic) bond motifs is 2. The molecule has 194 valence electrons. The van der Waals surface area contributed by atoms with E-state index in [0.717, 1.165) is 5.56 Å². The van der Waals surface area contributed by atoms with E-state index in [1.807, 2.05) is 6.07 Å². The van der Waals surface area contributed by atoms with Crippen molar-refractivity contribution in [3.8, 4) is 28.7 Å². The second-order valence-corrected chi connectivity index (χ2v) is 8.91. The average Bonchev–Trinajstić information content (AvgIpc) is 3.18. The third-order valence-electron chi connectivity index (χ3n) is 6.50. The lowest BCUT2D eigenvalue weighted by molar-refractivity contribution is -0.118. The van der Waals surface area contributed by atoms with Gasteiger partial charge in [-0.25, -0.2) is 0 Å². The highest BCUT2D eigenvalue weighted by Gasteiger charge is 2.38. The number of aliphatic hydroxyl groups excluding tert-OH is 2. The second-order valence-electron chi connectivity index (χ2n) is 8.91. The molecular formula is C28H26N4O6. The van der Waals surface area contributed by atoms with Crippen molar-refractivity contribution in [1.82, 2.24) is 10.6 Å². The van der Waals surface area contributed by atoms with E-state index in [0.29, 0.717) is 52.7 Å². The van der Waals surface area contributed by atoms with Crippen molar-refractivity contribution in [3.63, 3.8) is 0 Å². The van der Waals surface area contributed by atoms with Crippen molar-refractivity contribution >= 4 is 17.5 Å². The summed E-state index contributed by atoms with van der Waals surface area (Å²) in [5.74, 6) is 0.644. The van der Waals surface area contributed by atoms with Crippen LogP contribution in [0.15, 0.2) is 54.6 Å². The Labute approximate surface area is 219 Å². The predicted octanol–water partition coefficient (Wildman–Crippen LogP) is 2.36. The van der Waals surface area contributed by atoms with Gasteiger partial charge in [0.05, 0.1) is 11.3 Å².